The van der Waals surface area contributed by atoms with Crippen molar-refractivity contribution in [3.8, 4) is 0 Å². The highest BCUT2D eigenvalue weighted by molar-refractivity contribution is 7.89. The minimum Gasteiger partial charge on any atom is -0.380 e. The number of benzene rings is 1. The van der Waals surface area contributed by atoms with Gasteiger partial charge in [-0.1, -0.05) is 0 Å². The van der Waals surface area contributed by atoms with E-state index in [1.807, 2.05) is 0 Å². The largest absolute Gasteiger partial charge is 0.380 e. The Morgan fingerprint density at radius 1 is 1.21 bits per heavy atom. The summed E-state index contributed by atoms with van der Waals surface area (Å²) < 4.78 is 36.0. The standard InChI is InChI=1S/C12H18FN3O2S/c13-11-7-10(19(15,17)18)5-6-12(11)16-9-3-1-8(14)2-4-9/h5-9,16H,1-4,14H2,(H2,15,17,18). The number of anilines is 1. The van der Waals surface area contributed by atoms with Crippen molar-refractivity contribution >= 4 is 15.7 Å². The van der Waals surface area contributed by atoms with Crippen molar-refractivity contribution in [1.82, 2.24) is 0 Å². The molecule has 0 aromatic heterocycles. The summed E-state index contributed by atoms with van der Waals surface area (Å²) in [5.74, 6) is -0.610. The van der Waals surface area contributed by atoms with E-state index < -0.39 is 15.8 Å². The van der Waals surface area contributed by atoms with Crippen LogP contribution in [0, 0.1) is 5.82 Å². The Morgan fingerprint density at radius 3 is 2.37 bits per heavy atom. The molecule has 0 unspecified atom stereocenters. The number of hydrogen-bond donors (Lipinski definition) is 3. The van der Waals surface area contributed by atoms with Gasteiger partial charge in [0, 0.05) is 12.1 Å². The normalized spacial score (nSPS) is 24.2. The van der Waals surface area contributed by atoms with Crippen LogP contribution in [0.1, 0.15) is 25.7 Å². The molecule has 2 rings (SSSR count). The van der Waals surface area contributed by atoms with Crippen molar-refractivity contribution in [1.29, 1.82) is 0 Å². The van der Waals surface area contributed by atoms with E-state index in [9.17, 15) is 12.8 Å². The zero-order valence-corrected chi connectivity index (χ0v) is 11.3. The van der Waals surface area contributed by atoms with E-state index in [1.54, 1.807) is 0 Å². The Hall–Kier alpha value is -1.18. The fraction of sp³-hybridized carbons (Fsp3) is 0.500. The lowest BCUT2D eigenvalue weighted by atomic mass is 9.91. The van der Waals surface area contributed by atoms with Crippen LogP contribution in [-0.2, 0) is 10.0 Å². The molecule has 1 aliphatic carbocycles. The molecule has 1 saturated carbocycles. The maximum atomic E-state index is 13.8. The van der Waals surface area contributed by atoms with Gasteiger partial charge in [0.1, 0.15) is 5.82 Å². The molecular formula is C12H18FN3O2S. The molecule has 0 amide bonds. The maximum Gasteiger partial charge on any atom is 0.238 e. The predicted molar refractivity (Wildman–Crippen MR) is 71.6 cm³/mol. The van der Waals surface area contributed by atoms with Crippen molar-refractivity contribution in [3.05, 3.63) is 24.0 Å². The first kappa shape index (κ1) is 14.2. The van der Waals surface area contributed by atoms with Gasteiger partial charge in [-0.3, -0.25) is 0 Å². The topological polar surface area (TPSA) is 98.2 Å². The number of sulfonamides is 1. The highest BCUT2D eigenvalue weighted by Crippen LogP contribution is 2.24. The van der Waals surface area contributed by atoms with E-state index in [0.29, 0.717) is 5.69 Å². The van der Waals surface area contributed by atoms with E-state index in [4.69, 9.17) is 10.9 Å². The van der Waals surface area contributed by atoms with Crippen LogP contribution in [-0.4, -0.2) is 20.5 Å². The molecule has 0 spiro atoms. The first-order chi connectivity index (χ1) is 8.86. The summed E-state index contributed by atoms with van der Waals surface area (Å²) in [6, 6.07) is 4.05. The predicted octanol–water partition coefficient (Wildman–Crippen LogP) is 1.15. The third kappa shape index (κ3) is 3.65. The van der Waals surface area contributed by atoms with Gasteiger partial charge in [0.15, 0.2) is 0 Å². The Bertz CT molecular complexity index is 554. The Morgan fingerprint density at radius 2 is 1.84 bits per heavy atom. The van der Waals surface area contributed by atoms with Gasteiger partial charge in [-0.05, 0) is 43.9 Å². The molecule has 5 N–H and O–H groups in total. The van der Waals surface area contributed by atoms with Crippen molar-refractivity contribution in [2.75, 3.05) is 5.32 Å². The first-order valence-electron chi connectivity index (χ1n) is 6.21. The van der Waals surface area contributed by atoms with E-state index >= 15 is 0 Å². The first-order valence-corrected chi connectivity index (χ1v) is 7.75. The van der Waals surface area contributed by atoms with Crippen LogP contribution in [0.2, 0.25) is 0 Å². The molecule has 1 fully saturated rings. The van der Waals surface area contributed by atoms with Gasteiger partial charge < -0.3 is 11.1 Å². The molecule has 1 aromatic rings. The lowest BCUT2D eigenvalue weighted by Crippen LogP contribution is -2.33. The highest BCUT2D eigenvalue weighted by atomic mass is 32.2. The number of nitrogens with one attached hydrogen (secondary N) is 1. The molecule has 5 nitrogen and oxygen atoms in total. The van der Waals surface area contributed by atoms with Crippen molar-refractivity contribution in [2.24, 2.45) is 10.9 Å². The molecule has 0 bridgehead atoms. The smallest absolute Gasteiger partial charge is 0.238 e. The second kappa shape index (κ2) is 5.44. The SMILES string of the molecule is NC1CCC(Nc2ccc(S(N)(=O)=O)cc2F)CC1. The highest BCUT2D eigenvalue weighted by Gasteiger charge is 2.19. The number of rotatable bonds is 3. The lowest BCUT2D eigenvalue weighted by Gasteiger charge is -2.27. The maximum absolute atomic E-state index is 13.8. The Balaban J connectivity index is 2.09. The van der Waals surface area contributed by atoms with Crippen LogP contribution >= 0.6 is 0 Å². The van der Waals surface area contributed by atoms with Crippen LogP contribution < -0.4 is 16.2 Å². The zero-order valence-electron chi connectivity index (χ0n) is 10.5. The molecule has 0 saturated heterocycles. The van der Waals surface area contributed by atoms with Gasteiger partial charge in [0.05, 0.1) is 10.6 Å². The van der Waals surface area contributed by atoms with Gasteiger partial charge in [-0.15, -0.1) is 0 Å². The molecule has 1 aliphatic rings. The zero-order chi connectivity index (χ0) is 14.0. The van der Waals surface area contributed by atoms with Crippen molar-refractivity contribution in [2.45, 2.75) is 42.7 Å². The Kier molecular flexibility index (Phi) is 4.07. The molecule has 106 valence electrons. The number of hydrogen-bond acceptors (Lipinski definition) is 4. The van der Waals surface area contributed by atoms with E-state index in [1.165, 1.54) is 12.1 Å². The minimum absolute atomic E-state index is 0.176. The van der Waals surface area contributed by atoms with Crippen LogP contribution in [0.4, 0.5) is 10.1 Å². The van der Waals surface area contributed by atoms with Crippen molar-refractivity contribution in [3.63, 3.8) is 0 Å². The van der Waals surface area contributed by atoms with Gasteiger partial charge in [0.2, 0.25) is 10.0 Å². The summed E-state index contributed by atoms with van der Waals surface area (Å²) in [5, 5.41) is 8.03. The van der Waals surface area contributed by atoms with E-state index in [0.717, 1.165) is 31.7 Å². The molecule has 19 heavy (non-hydrogen) atoms. The van der Waals surface area contributed by atoms with Gasteiger partial charge in [-0.25, -0.2) is 17.9 Å². The monoisotopic (exact) mass is 287 g/mol. The summed E-state index contributed by atoms with van der Waals surface area (Å²) in [7, 11) is -3.87. The Labute approximate surface area is 112 Å². The van der Waals surface area contributed by atoms with E-state index in [-0.39, 0.29) is 17.0 Å². The molecule has 0 radical (unpaired) electrons. The van der Waals surface area contributed by atoms with Gasteiger partial charge in [0.25, 0.3) is 0 Å². The van der Waals surface area contributed by atoms with Crippen LogP contribution in [0.3, 0.4) is 0 Å². The second-order valence-corrected chi connectivity index (χ2v) is 6.50. The lowest BCUT2D eigenvalue weighted by molar-refractivity contribution is 0.410. The molecular weight excluding hydrogens is 269 g/mol. The van der Waals surface area contributed by atoms with Crippen LogP contribution in [0.25, 0.3) is 0 Å². The fourth-order valence-electron chi connectivity index (χ4n) is 2.27. The quantitative estimate of drug-likeness (QED) is 0.776. The van der Waals surface area contributed by atoms with E-state index in [2.05, 4.69) is 5.32 Å². The minimum atomic E-state index is -3.87. The third-order valence-corrected chi connectivity index (χ3v) is 4.31. The summed E-state index contributed by atoms with van der Waals surface area (Å²) in [4.78, 5) is -0.221. The summed E-state index contributed by atoms with van der Waals surface area (Å²) >= 11 is 0. The summed E-state index contributed by atoms with van der Waals surface area (Å²) in [6.07, 6.45) is 3.60. The average molecular weight is 287 g/mol. The average Bonchev–Trinajstić information content (AvgIpc) is 2.33. The number of nitrogens with two attached hydrogens (primary N) is 2. The summed E-state index contributed by atoms with van der Waals surface area (Å²) in [6.45, 7) is 0. The second-order valence-electron chi connectivity index (χ2n) is 4.94. The van der Waals surface area contributed by atoms with Gasteiger partial charge >= 0.3 is 0 Å². The fourth-order valence-corrected chi connectivity index (χ4v) is 2.80. The molecule has 0 atom stereocenters. The molecule has 0 aliphatic heterocycles. The van der Waals surface area contributed by atoms with Crippen molar-refractivity contribution < 1.29 is 12.8 Å². The number of halogens is 1. The van der Waals surface area contributed by atoms with Crippen LogP contribution in [0.5, 0.6) is 0 Å². The molecule has 1 aromatic carbocycles. The molecule has 7 heteroatoms. The number of primary sulfonamides is 1. The van der Waals surface area contributed by atoms with Gasteiger partial charge in [-0.2, -0.15) is 0 Å². The molecule has 0 heterocycles. The third-order valence-electron chi connectivity index (χ3n) is 3.40. The van der Waals surface area contributed by atoms with Crippen LogP contribution in [0.15, 0.2) is 23.1 Å². The summed E-state index contributed by atoms with van der Waals surface area (Å²) in [5.41, 5.74) is 6.10.